The molecule has 0 bridgehead atoms. The summed E-state index contributed by atoms with van der Waals surface area (Å²) < 4.78 is 0. The second kappa shape index (κ2) is 8.04. The maximum absolute atomic E-state index is 12.3. The molecular weight excluding hydrogens is 266 g/mol. The SMILES string of the molecule is CCN(CCO)CC(CC(=O)O)C(=O)c1cccs1. The van der Waals surface area contributed by atoms with Crippen LogP contribution in [0.25, 0.3) is 0 Å². The van der Waals surface area contributed by atoms with E-state index in [0.717, 1.165) is 0 Å². The van der Waals surface area contributed by atoms with E-state index in [0.29, 0.717) is 24.5 Å². The standard InChI is InChI=1S/C13H19NO4S/c1-2-14(5-6-15)9-10(8-12(16)17)13(18)11-4-3-7-19-11/h3-4,7,10,15H,2,5-6,8-9H2,1H3,(H,16,17). The Morgan fingerprint density at radius 3 is 2.68 bits per heavy atom. The van der Waals surface area contributed by atoms with E-state index >= 15 is 0 Å². The van der Waals surface area contributed by atoms with Crippen LogP contribution >= 0.6 is 11.3 Å². The zero-order chi connectivity index (χ0) is 14.3. The highest BCUT2D eigenvalue weighted by atomic mass is 32.1. The van der Waals surface area contributed by atoms with E-state index in [4.69, 9.17) is 10.2 Å². The van der Waals surface area contributed by atoms with Crippen LogP contribution in [0.15, 0.2) is 17.5 Å². The van der Waals surface area contributed by atoms with Crippen molar-refractivity contribution in [2.75, 3.05) is 26.2 Å². The van der Waals surface area contributed by atoms with Gasteiger partial charge < -0.3 is 15.1 Å². The van der Waals surface area contributed by atoms with Crippen molar-refractivity contribution < 1.29 is 19.8 Å². The first-order valence-corrected chi connectivity index (χ1v) is 7.09. The van der Waals surface area contributed by atoms with Crippen LogP contribution in [0.5, 0.6) is 0 Å². The molecule has 0 aliphatic heterocycles. The van der Waals surface area contributed by atoms with Gasteiger partial charge in [-0.1, -0.05) is 13.0 Å². The van der Waals surface area contributed by atoms with Crippen LogP contribution in [-0.2, 0) is 4.79 Å². The number of thiophene rings is 1. The maximum atomic E-state index is 12.3. The van der Waals surface area contributed by atoms with Gasteiger partial charge in [-0.25, -0.2) is 0 Å². The molecule has 0 saturated heterocycles. The fraction of sp³-hybridized carbons (Fsp3) is 0.538. The Morgan fingerprint density at radius 1 is 1.47 bits per heavy atom. The lowest BCUT2D eigenvalue weighted by Gasteiger charge is -2.23. The van der Waals surface area contributed by atoms with E-state index in [9.17, 15) is 9.59 Å². The number of nitrogens with zero attached hydrogens (tertiary/aromatic N) is 1. The summed E-state index contributed by atoms with van der Waals surface area (Å²) in [4.78, 5) is 25.6. The van der Waals surface area contributed by atoms with Gasteiger partial charge in [-0.2, -0.15) is 0 Å². The third-order valence-electron chi connectivity index (χ3n) is 2.90. The second-order valence-corrected chi connectivity index (χ2v) is 5.20. The van der Waals surface area contributed by atoms with Crippen LogP contribution in [0.4, 0.5) is 0 Å². The number of aliphatic carboxylic acids is 1. The van der Waals surface area contributed by atoms with Crippen molar-refractivity contribution in [3.63, 3.8) is 0 Å². The molecule has 6 heteroatoms. The number of carboxylic acids is 1. The Morgan fingerprint density at radius 2 is 2.21 bits per heavy atom. The van der Waals surface area contributed by atoms with E-state index in [2.05, 4.69) is 0 Å². The molecule has 0 amide bonds. The minimum Gasteiger partial charge on any atom is -0.481 e. The summed E-state index contributed by atoms with van der Waals surface area (Å²) in [5.74, 6) is -1.67. The molecule has 0 radical (unpaired) electrons. The van der Waals surface area contributed by atoms with Crippen molar-refractivity contribution in [1.82, 2.24) is 4.90 Å². The molecule has 1 unspecified atom stereocenters. The molecule has 0 saturated carbocycles. The van der Waals surface area contributed by atoms with Gasteiger partial charge in [0.05, 0.1) is 17.9 Å². The summed E-state index contributed by atoms with van der Waals surface area (Å²) in [5.41, 5.74) is 0. The van der Waals surface area contributed by atoms with Gasteiger partial charge in [0.25, 0.3) is 0 Å². The van der Waals surface area contributed by atoms with E-state index in [1.54, 1.807) is 17.5 Å². The molecule has 19 heavy (non-hydrogen) atoms. The van der Waals surface area contributed by atoms with Gasteiger partial charge in [-0.15, -0.1) is 11.3 Å². The average Bonchev–Trinajstić information content (AvgIpc) is 2.89. The number of rotatable bonds is 9. The first-order valence-electron chi connectivity index (χ1n) is 6.21. The summed E-state index contributed by atoms with van der Waals surface area (Å²) in [6.45, 7) is 3.41. The first kappa shape index (κ1) is 15.8. The molecule has 1 aromatic heterocycles. The number of Topliss-reactive ketones (excluding diaryl/α,β-unsaturated/α-hetero) is 1. The molecule has 5 nitrogen and oxygen atoms in total. The summed E-state index contributed by atoms with van der Waals surface area (Å²) in [6.07, 6.45) is -0.182. The summed E-state index contributed by atoms with van der Waals surface area (Å²) in [7, 11) is 0. The summed E-state index contributed by atoms with van der Waals surface area (Å²) in [5, 5.41) is 19.7. The zero-order valence-corrected chi connectivity index (χ0v) is 11.7. The quantitative estimate of drug-likeness (QED) is 0.669. The summed E-state index contributed by atoms with van der Waals surface area (Å²) >= 11 is 1.32. The van der Waals surface area contributed by atoms with Crippen molar-refractivity contribution in [2.45, 2.75) is 13.3 Å². The molecule has 1 rings (SSSR count). The fourth-order valence-corrected chi connectivity index (χ4v) is 2.65. The van der Waals surface area contributed by atoms with Gasteiger partial charge in [0.2, 0.25) is 0 Å². The van der Waals surface area contributed by atoms with Crippen LogP contribution in [0.2, 0.25) is 0 Å². The van der Waals surface area contributed by atoms with E-state index in [1.165, 1.54) is 11.3 Å². The number of aliphatic hydroxyl groups excluding tert-OH is 1. The number of carboxylic acid groups (broad SMARTS) is 1. The number of hydrogen-bond acceptors (Lipinski definition) is 5. The van der Waals surface area contributed by atoms with Gasteiger partial charge in [0.15, 0.2) is 5.78 Å². The number of ketones is 1. The molecule has 0 fully saturated rings. The van der Waals surface area contributed by atoms with Crippen LogP contribution in [0.3, 0.4) is 0 Å². The smallest absolute Gasteiger partial charge is 0.304 e. The van der Waals surface area contributed by atoms with Crippen LogP contribution in [0.1, 0.15) is 23.0 Å². The molecule has 1 atom stereocenters. The highest BCUT2D eigenvalue weighted by molar-refractivity contribution is 7.12. The number of carbonyl (C=O) groups excluding carboxylic acids is 1. The monoisotopic (exact) mass is 285 g/mol. The van der Waals surface area contributed by atoms with Crippen molar-refractivity contribution >= 4 is 23.1 Å². The Balaban J connectivity index is 2.76. The molecule has 1 heterocycles. The Labute approximate surface area is 116 Å². The normalized spacial score (nSPS) is 12.6. The molecule has 106 valence electrons. The lowest BCUT2D eigenvalue weighted by atomic mass is 9.98. The second-order valence-electron chi connectivity index (χ2n) is 4.25. The van der Waals surface area contributed by atoms with Crippen molar-refractivity contribution in [3.8, 4) is 0 Å². The summed E-state index contributed by atoms with van der Waals surface area (Å²) in [6, 6.07) is 3.49. The minimum atomic E-state index is -0.977. The lowest BCUT2D eigenvalue weighted by molar-refractivity contribution is -0.137. The Hall–Kier alpha value is -1.24. The van der Waals surface area contributed by atoms with Gasteiger partial charge in [-0.3, -0.25) is 9.59 Å². The molecule has 0 aliphatic carbocycles. The first-order chi connectivity index (χ1) is 9.08. The van der Waals surface area contributed by atoms with E-state index < -0.39 is 11.9 Å². The van der Waals surface area contributed by atoms with E-state index in [-0.39, 0.29) is 18.8 Å². The molecule has 0 aromatic carbocycles. The third kappa shape index (κ3) is 5.10. The molecular formula is C13H19NO4S. The number of aliphatic hydroxyl groups is 1. The molecule has 0 spiro atoms. The maximum Gasteiger partial charge on any atom is 0.304 e. The van der Waals surface area contributed by atoms with Crippen molar-refractivity contribution in [3.05, 3.63) is 22.4 Å². The molecule has 1 aromatic rings. The molecule has 0 aliphatic rings. The lowest BCUT2D eigenvalue weighted by Crippen LogP contribution is -2.36. The van der Waals surface area contributed by atoms with Gasteiger partial charge in [-0.05, 0) is 18.0 Å². The number of carbonyl (C=O) groups is 2. The largest absolute Gasteiger partial charge is 0.481 e. The number of likely N-dealkylation sites (N-methyl/N-ethyl adjacent to an activating group) is 1. The average molecular weight is 285 g/mol. The highest BCUT2D eigenvalue weighted by Crippen LogP contribution is 2.18. The van der Waals surface area contributed by atoms with E-state index in [1.807, 2.05) is 11.8 Å². The number of hydrogen-bond donors (Lipinski definition) is 2. The van der Waals surface area contributed by atoms with Gasteiger partial charge >= 0.3 is 5.97 Å². The van der Waals surface area contributed by atoms with Crippen LogP contribution in [0, 0.1) is 5.92 Å². The van der Waals surface area contributed by atoms with Crippen molar-refractivity contribution in [1.29, 1.82) is 0 Å². The minimum absolute atomic E-state index is 0.000817. The Kier molecular flexibility index (Phi) is 6.69. The zero-order valence-electron chi connectivity index (χ0n) is 10.9. The van der Waals surface area contributed by atoms with Gasteiger partial charge in [0, 0.05) is 19.0 Å². The van der Waals surface area contributed by atoms with Crippen molar-refractivity contribution in [2.24, 2.45) is 5.92 Å². The third-order valence-corrected chi connectivity index (χ3v) is 3.78. The topological polar surface area (TPSA) is 77.8 Å². The van der Waals surface area contributed by atoms with Gasteiger partial charge in [0.1, 0.15) is 0 Å². The predicted octanol–water partition coefficient (Wildman–Crippen LogP) is 1.34. The fourth-order valence-electron chi connectivity index (χ4n) is 1.90. The van der Waals surface area contributed by atoms with Crippen LogP contribution < -0.4 is 0 Å². The highest BCUT2D eigenvalue weighted by Gasteiger charge is 2.25. The predicted molar refractivity (Wildman–Crippen MR) is 73.6 cm³/mol. The van der Waals surface area contributed by atoms with Crippen LogP contribution in [-0.4, -0.2) is 53.1 Å². The molecule has 2 N–H and O–H groups in total. The Bertz CT molecular complexity index is 405.